The Hall–Kier alpha value is -2.41. The van der Waals surface area contributed by atoms with Crippen molar-refractivity contribution in [3.63, 3.8) is 0 Å². The molecule has 0 atom stereocenters. The zero-order valence-corrected chi connectivity index (χ0v) is 15.7. The third kappa shape index (κ3) is 3.69. The Morgan fingerprint density at radius 2 is 1.74 bits per heavy atom. The minimum absolute atomic E-state index is 0.0500. The highest BCUT2D eigenvalue weighted by Crippen LogP contribution is 2.23. The maximum atomic E-state index is 14.0. The summed E-state index contributed by atoms with van der Waals surface area (Å²) in [5.41, 5.74) is -0.0500. The number of rotatable bonds is 3. The van der Waals surface area contributed by atoms with Gasteiger partial charge in [0.05, 0.1) is 10.6 Å². The van der Waals surface area contributed by atoms with E-state index in [1.807, 2.05) is 6.07 Å². The summed E-state index contributed by atoms with van der Waals surface area (Å²) in [5, 5.41) is 0.147. The molecule has 1 aromatic heterocycles. The largest absolute Gasteiger partial charge is 0.353 e. The van der Waals surface area contributed by atoms with Crippen LogP contribution in [0.1, 0.15) is 23.2 Å². The van der Waals surface area contributed by atoms with Gasteiger partial charge in [-0.15, -0.1) is 0 Å². The summed E-state index contributed by atoms with van der Waals surface area (Å²) in [6.07, 6.45) is 4.13. The van der Waals surface area contributed by atoms with E-state index in [2.05, 4.69) is 14.8 Å². The lowest BCUT2D eigenvalue weighted by Gasteiger charge is -2.35. The molecule has 2 saturated heterocycles. The molecule has 142 valence electrons. The van der Waals surface area contributed by atoms with Crippen LogP contribution in [-0.4, -0.2) is 60.0 Å². The van der Waals surface area contributed by atoms with Crippen molar-refractivity contribution < 1.29 is 9.18 Å². The number of aromatic nitrogens is 2. The molecule has 0 saturated carbocycles. The molecule has 0 N–H and O–H groups in total. The maximum Gasteiger partial charge on any atom is 0.258 e. The summed E-state index contributed by atoms with van der Waals surface area (Å²) in [5.74, 6) is 0.684. The van der Waals surface area contributed by atoms with E-state index in [9.17, 15) is 9.18 Å². The number of halogens is 2. The van der Waals surface area contributed by atoms with Crippen molar-refractivity contribution >= 4 is 29.3 Å². The van der Waals surface area contributed by atoms with E-state index in [1.165, 1.54) is 31.0 Å². The topological polar surface area (TPSA) is 52.6 Å². The van der Waals surface area contributed by atoms with E-state index in [4.69, 9.17) is 16.6 Å². The molecule has 1 amide bonds. The molecule has 2 aliphatic rings. The number of hydrogen-bond donors (Lipinski definition) is 0. The Morgan fingerprint density at radius 1 is 1.00 bits per heavy atom. The standard InChI is InChI=1S/C19H21ClFN5O/c20-14-4-3-5-15(21)17(14)18(27)25-12-10-24(11-13-25)16-6-7-22-19(23-16)26-8-1-2-9-26/h3-7H,1-2,8-13H2. The zero-order chi connectivity index (χ0) is 18.8. The Kier molecular flexibility index (Phi) is 5.11. The van der Waals surface area contributed by atoms with Crippen LogP contribution in [0.4, 0.5) is 16.2 Å². The van der Waals surface area contributed by atoms with E-state index < -0.39 is 5.82 Å². The number of anilines is 2. The minimum atomic E-state index is -0.582. The van der Waals surface area contributed by atoms with Gasteiger partial charge in [0.2, 0.25) is 5.95 Å². The van der Waals surface area contributed by atoms with Crippen molar-refractivity contribution in [2.24, 2.45) is 0 Å². The highest BCUT2D eigenvalue weighted by Gasteiger charge is 2.26. The molecular weight excluding hydrogens is 369 g/mol. The van der Waals surface area contributed by atoms with E-state index >= 15 is 0 Å². The number of amides is 1. The fourth-order valence-corrected chi connectivity index (χ4v) is 3.83. The Labute approximate surface area is 162 Å². The molecule has 0 unspecified atom stereocenters. The quantitative estimate of drug-likeness (QED) is 0.808. The van der Waals surface area contributed by atoms with Gasteiger partial charge in [0.25, 0.3) is 5.91 Å². The molecule has 2 fully saturated rings. The predicted molar refractivity (Wildman–Crippen MR) is 103 cm³/mol. The third-order valence-electron chi connectivity index (χ3n) is 5.08. The van der Waals surface area contributed by atoms with Gasteiger partial charge in [-0.3, -0.25) is 4.79 Å². The fraction of sp³-hybridized carbons (Fsp3) is 0.421. The number of piperazine rings is 1. The number of carbonyl (C=O) groups excluding carboxylic acids is 1. The smallest absolute Gasteiger partial charge is 0.258 e. The Morgan fingerprint density at radius 3 is 2.44 bits per heavy atom. The van der Waals surface area contributed by atoms with Crippen LogP contribution >= 0.6 is 11.6 Å². The summed E-state index contributed by atoms with van der Waals surface area (Å²) in [6, 6.07) is 6.19. The average molecular weight is 390 g/mol. The molecule has 0 spiro atoms. The first kappa shape index (κ1) is 18.0. The minimum Gasteiger partial charge on any atom is -0.353 e. The predicted octanol–water partition coefficient (Wildman–Crippen LogP) is 2.83. The molecular formula is C19H21ClFN5O. The molecule has 0 bridgehead atoms. The van der Waals surface area contributed by atoms with Crippen LogP contribution in [0.25, 0.3) is 0 Å². The second-order valence-electron chi connectivity index (χ2n) is 6.78. The van der Waals surface area contributed by atoms with Crippen molar-refractivity contribution in [1.82, 2.24) is 14.9 Å². The first-order chi connectivity index (χ1) is 13.1. The van der Waals surface area contributed by atoms with Crippen LogP contribution in [-0.2, 0) is 0 Å². The summed E-state index contributed by atoms with van der Waals surface area (Å²) < 4.78 is 14.0. The van der Waals surface area contributed by atoms with Gasteiger partial charge in [0.1, 0.15) is 11.6 Å². The van der Waals surface area contributed by atoms with E-state index in [1.54, 1.807) is 11.1 Å². The number of nitrogens with zero attached hydrogens (tertiary/aromatic N) is 5. The van der Waals surface area contributed by atoms with Crippen molar-refractivity contribution in [2.75, 3.05) is 49.1 Å². The highest BCUT2D eigenvalue weighted by molar-refractivity contribution is 6.33. The monoisotopic (exact) mass is 389 g/mol. The van der Waals surface area contributed by atoms with E-state index in [0.717, 1.165) is 24.9 Å². The molecule has 8 heteroatoms. The Balaban J connectivity index is 1.43. The molecule has 0 radical (unpaired) electrons. The van der Waals surface area contributed by atoms with Gasteiger partial charge in [0.15, 0.2) is 0 Å². The molecule has 0 aliphatic carbocycles. The van der Waals surface area contributed by atoms with Gasteiger partial charge >= 0.3 is 0 Å². The maximum absolute atomic E-state index is 14.0. The van der Waals surface area contributed by atoms with Crippen molar-refractivity contribution in [2.45, 2.75) is 12.8 Å². The highest BCUT2D eigenvalue weighted by atomic mass is 35.5. The van der Waals surface area contributed by atoms with Crippen LogP contribution in [0.5, 0.6) is 0 Å². The van der Waals surface area contributed by atoms with Gasteiger partial charge in [-0.1, -0.05) is 17.7 Å². The SMILES string of the molecule is O=C(c1c(F)cccc1Cl)N1CCN(c2ccnc(N3CCCC3)n2)CC1. The third-order valence-corrected chi connectivity index (χ3v) is 5.40. The van der Waals surface area contributed by atoms with Crippen LogP contribution in [0.15, 0.2) is 30.5 Å². The average Bonchev–Trinajstić information content (AvgIpc) is 3.23. The summed E-state index contributed by atoms with van der Waals surface area (Å²) >= 11 is 6.03. The van der Waals surface area contributed by atoms with Crippen molar-refractivity contribution in [3.8, 4) is 0 Å². The molecule has 2 aromatic rings. The summed E-state index contributed by atoms with van der Waals surface area (Å²) in [4.78, 5) is 27.7. The zero-order valence-electron chi connectivity index (χ0n) is 14.9. The number of carbonyl (C=O) groups is 1. The van der Waals surface area contributed by atoms with Gasteiger partial charge < -0.3 is 14.7 Å². The van der Waals surface area contributed by atoms with Crippen LogP contribution in [0.3, 0.4) is 0 Å². The summed E-state index contributed by atoms with van der Waals surface area (Å²) in [6.45, 7) is 4.24. The van der Waals surface area contributed by atoms with E-state index in [0.29, 0.717) is 26.2 Å². The molecule has 1 aromatic carbocycles. The molecule has 4 rings (SSSR count). The van der Waals surface area contributed by atoms with Crippen LogP contribution in [0.2, 0.25) is 5.02 Å². The fourth-order valence-electron chi connectivity index (χ4n) is 3.58. The number of hydrogen-bond acceptors (Lipinski definition) is 5. The lowest BCUT2D eigenvalue weighted by atomic mass is 10.1. The van der Waals surface area contributed by atoms with Crippen molar-refractivity contribution in [1.29, 1.82) is 0 Å². The van der Waals surface area contributed by atoms with Crippen molar-refractivity contribution in [3.05, 3.63) is 46.9 Å². The molecule has 3 heterocycles. The van der Waals surface area contributed by atoms with Crippen LogP contribution in [0, 0.1) is 5.82 Å². The second kappa shape index (κ2) is 7.68. The Bertz CT molecular complexity index is 814. The second-order valence-corrected chi connectivity index (χ2v) is 7.19. The van der Waals surface area contributed by atoms with Gasteiger partial charge in [0, 0.05) is 45.5 Å². The van der Waals surface area contributed by atoms with Gasteiger partial charge in [-0.25, -0.2) is 9.37 Å². The van der Waals surface area contributed by atoms with Gasteiger partial charge in [-0.05, 0) is 31.0 Å². The lowest BCUT2D eigenvalue weighted by molar-refractivity contribution is 0.0742. The first-order valence-corrected chi connectivity index (χ1v) is 9.57. The normalized spacial score (nSPS) is 17.5. The first-order valence-electron chi connectivity index (χ1n) is 9.20. The lowest BCUT2D eigenvalue weighted by Crippen LogP contribution is -2.49. The molecule has 2 aliphatic heterocycles. The molecule has 27 heavy (non-hydrogen) atoms. The molecule has 6 nitrogen and oxygen atoms in total. The van der Waals surface area contributed by atoms with E-state index in [-0.39, 0.29) is 16.5 Å². The van der Waals surface area contributed by atoms with Gasteiger partial charge in [-0.2, -0.15) is 4.98 Å². The summed E-state index contributed by atoms with van der Waals surface area (Å²) in [7, 11) is 0. The van der Waals surface area contributed by atoms with Crippen LogP contribution < -0.4 is 9.80 Å². The number of benzene rings is 1.